The number of amides is 1. The summed E-state index contributed by atoms with van der Waals surface area (Å²) in [4.78, 5) is 24.1. The van der Waals surface area contributed by atoms with Crippen LogP contribution in [0.25, 0.3) is 0 Å². The molecule has 0 fully saturated rings. The highest BCUT2D eigenvalue weighted by atomic mass is 19.4. The average Bonchev–Trinajstić information content (AvgIpc) is 2.60. The van der Waals surface area contributed by atoms with Gasteiger partial charge in [0.2, 0.25) is 0 Å². The minimum absolute atomic E-state index is 0.0976. The average molecular weight is 379 g/mol. The monoisotopic (exact) mass is 379 g/mol. The smallest absolute Gasteiger partial charge is 0.487 e. The van der Waals surface area contributed by atoms with Crippen molar-refractivity contribution < 1.29 is 27.5 Å². The Bertz CT molecular complexity index is 799. The molecule has 0 heterocycles. The van der Waals surface area contributed by atoms with Crippen molar-refractivity contribution in [2.75, 3.05) is 6.61 Å². The third-order valence-corrected chi connectivity index (χ3v) is 4.04. The highest BCUT2D eigenvalue weighted by Crippen LogP contribution is 2.27. The number of alkyl halides is 3. The van der Waals surface area contributed by atoms with Crippen molar-refractivity contribution >= 4 is 11.7 Å². The first-order chi connectivity index (χ1) is 12.6. The van der Waals surface area contributed by atoms with Crippen LogP contribution in [0.2, 0.25) is 0 Å². The molecule has 0 saturated heterocycles. The molecule has 2 aromatic rings. The number of halogens is 3. The summed E-state index contributed by atoms with van der Waals surface area (Å²) < 4.78 is 46.0. The summed E-state index contributed by atoms with van der Waals surface area (Å²) in [5, 5.41) is 0. The van der Waals surface area contributed by atoms with Crippen molar-refractivity contribution in [3.63, 3.8) is 0 Å². The Labute approximate surface area is 155 Å². The van der Waals surface area contributed by atoms with Gasteiger partial charge in [-0.25, -0.2) is 4.90 Å². The molecule has 2 rings (SSSR count). The first kappa shape index (κ1) is 20.5. The zero-order valence-corrected chi connectivity index (χ0v) is 15.2. The Kier molecular flexibility index (Phi) is 6.25. The molecule has 0 saturated carbocycles. The molecule has 0 aliphatic carbocycles. The number of para-hydroxylation sites is 1. The number of aryl methyl sites for hydroxylation is 2. The summed E-state index contributed by atoms with van der Waals surface area (Å²) in [7, 11) is 0. The van der Waals surface area contributed by atoms with Crippen molar-refractivity contribution in [1.82, 2.24) is 4.90 Å². The van der Waals surface area contributed by atoms with E-state index in [9.17, 15) is 22.8 Å². The summed E-state index contributed by atoms with van der Waals surface area (Å²) in [6, 6.07) is 11.1. The molecule has 0 bridgehead atoms. The molecule has 0 aliphatic rings. The van der Waals surface area contributed by atoms with Gasteiger partial charge in [-0.1, -0.05) is 48.5 Å². The lowest BCUT2D eigenvalue weighted by Crippen LogP contribution is -2.53. The van der Waals surface area contributed by atoms with Gasteiger partial charge in [0.15, 0.2) is 0 Å². The first-order valence-electron chi connectivity index (χ1n) is 8.31. The van der Waals surface area contributed by atoms with E-state index in [1.807, 2.05) is 6.07 Å². The molecule has 0 spiro atoms. The van der Waals surface area contributed by atoms with Gasteiger partial charge >= 0.3 is 12.2 Å². The fraction of sp³-hybridized carbons (Fsp3) is 0.300. The standard InChI is InChI=1S/C20H20F3NO3/c1-13-8-7-9-14(2)18(13)27-12-15(3)24(20(21,22)23)19(26)17(25)16-10-5-4-6-11-16/h4-11,15H,12H2,1-3H3. The molecule has 1 unspecified atom stereocenters. The summed E-state index contributed by atoms with van der Waals surface area (Å²) in [5.74, 6) is -2.38. The highest BCUT2D eigenvalue weighted by Gasteiger charge is 2.46. The van der Waals surface area contributed by atoms with Gasteiger partial charge in [0.05, 0.1) is 6.04 Å². The first-order valence-corrected chi connectivity index (χ1v) is 8.31. The maximum atomic E-state index is 13.5. The van der Waals surface area contributed by atoms with Crippen LogP contribution in [0.15, 0.2) is 48.5 Å². The predicted molar refractivity (Wildman–Crippen MR) is 94.5 cm³/mol. The Balaban J connectivity index is 2.20. The van der Waals surface area contributed by atoms with Crippen LogP contribution >= 0.6 is 0 Å². The van der Waals surface area contributed by atoms with E-state index >= 15 is 0 Å². The third kappa shape index (κ3) is 4.87. The lowest BCUT2D eigenvalue weighted by molar-refractivity contribution is -0.249. The number of hydrogen-bond acceptors (Lipinski definition) is 3. The number of carbonyl (C=O) groups excluding carboxylic acids is 2. The van der Waals surface area contributed by atoms with Gasteiger partial charge in [-0.2, -0.15) is 0 Å². The van der Waals surface area contributed by atoms with Crippen molar-refractivity contribution in [2.24, 2.45) is 0 Å². The van der Waals surface area contributed by atoms with Gasteiger partial charge in [-0.3, -0.25) is 9.59 Å². The van der Waals surface area contributed by atoms with Crippen LogP contribution in [-0.2, 0) is 4.79 Å². The summed E-state index contributed by atoms with van der Waals surface area (Å²) >= 11 is 0. The topological polar surface area (TPSA) is 46.6 Å². The molecule has 27 heavy (non-hydrogen) atoms. The Morgan fingerprint density at radius 3 is 2.07 bits per heavy atom. The predicted octanol–water partition coefficient (Wildman–Crippen LogP) is 4.30. The van der Waals surface area contributed by atoms with Crippen LogP contribution in [0.3, 0.4) is 0 Å². The van der Waals surface area contributed by atoms with Gasteiger partial charge in [-0.15, -0.1) is 13.2 Å². The molecule has 0 aliphatic heterocycles. The number of ether oxygens (including phenoxy) is 1. The molecule has 0 aromatic heterocycles. The minimum Gasteiger partial charge on any atom is -0.491 e. The summed E-state index contributed by atoms with van der Waals surface area (Å²) in [6.45, 7) is 4.34. The van der Waals surface area contributed by atoms with E-state index in [2.05, 4.69) is 0 Å². The second kappa shape index (κ2) is 8.24. The van der Waals surface area contributed by atoms with Crippen LogP contribution < -0.4 is 4.74 Å². The lowest BCUT2D eigenvalue weighted by atomic mass is 10.1. The van der Waals surface area contributed by atoms with Crippen LogP contribution in [0, 0.1) is 13.8 Å². The normalized spacial score (nSPS) is 12.4. The molecule has 144 valence electrons. The number of rotatable bonds is 6. The van der Waals surface area contributed by atoms with E-state index in [1.165, 1.54) is 31.2 Å². The number of hydrogen-bond donors (Lipinski definition) is 0. The fourth-order valence-corrected chi connectivity index (χ4v) is 2.69. The van der Waals surface area contributed by atoms with Gasteiger partial charge in [-0.05, 0) is 31.9 Å². The second-order valence-electron chi connectivity index (χ2n) is 6.22. The maximum absolute atomic E-state index is 13.5. The van der Waals surface area contributed by atoms with Gasteiger partial charge in [0.25, 0.3) is 5.78 Å². The highest BCUT2D eigenvalue weighted by molar-refractivity contribution is 6.42. The molecule has 0 radical (unpaired) electrons. The Morgan fingerprint density at radius 2 is 1.56 bits per heavy atom. The van der Waals surface area contributed by atoms with Crippen LogP contribution in [0.4, 0.5) is 13.2 Å². The molecule has 4 nitrogen and oxygen atoms in total. The van der Waals surface area contributed by atoms with Crippen molar-refractivity contribution in [3.8, 4) is 5.75 Å². The number of carbonyl (C=O) groups is 2. The largest absolute Gasteiger partial charge is 0.491 e. The second-order valence-corrected chi connectivity index (χ2v) is 6.22. The van der Waals surface area contributed by atoms with Gasteiger partial charge < -0.3 is 4.74 Å². The molecule has 0 N–H and O–H groups in total. The van der Waals surface area contributed by atoms with E-state index in [0.717, 1.165) is 11.1 Å². The maximum Gasteiger partial charge on any atom is 0.487 e. The van der Waals surface area contributed by atoms with E-state index in [1.54, 1.807) is 32.0 Å². The third-order valence-electron chi connectivity index (χ3n) is 4.04. The summed E-state index contributed by atoms with van der Waals surface area (Å²) in [5.41, 5.74) is 1.44. The van der Waals surface area contributed by atoms with Crippen molar-refractivity contribution in [3.05, 3.63) is 65.2 Å². The van der Waals surface area contributed by atoms with Crippen molar-refractivity contribution in [1.29, 1.82) is 0 Å². The van der Waals surface area contributed by atoms with Crippen LogP contribution in [-0.4, -0.2) is 35.5 Å². The van der Waals surface area contributed by atoms with E-state index in [-0.39, 0.29) is 10.5 Å². The van der Waals surface area contributed by atoms with E-state index < -0.39 is 30.6 Å². The lowest BCUT2D eigenvalue weighted by Gasteiger charge is -2.30. The molecular formula is C20H20F3NO3. The number of Topliss-reactive ketones (excluding diaryl/α,β-unsaturated/α-hetero) is 1. The zero-order chi connectivity index (χ0) is 20.2. The molecule has 7 heteroatoms. The quantitative estimate of drug-likeness (QED) is 0.427. The molecule has 1 atom stereocenters. The minimum atomic E-state index is -5.01. The molecular weight excluding hydrogens is 359 g/mol. The zero-order valence-electron chi connectivity index (χ0n) is 15.2. The Hall–Kier alpha value is -2.83. The number of ketones is 1. The fourth-order valence-electron chi connectivity index (χ4n) is 2.69. The Morgan fingerprint density at radius 1 is 1.00 bits per heavy atom. The molecule has 1 amide bonds. The van der Waals surface area contributed by atoms with Crippen LogP contribution in [0.1, 0.15) is 28.4 Å². The SMILES string of the molecule is Cc1cccc(C)c1OCC(C)N(C(=O)C(=O)c1ccccc1)C(F)(F)F. The van der Waals surface area contributed by atoms with Gasteiger partial charge in [0, 0.05) is 5.56 Å². The van der Waals surface area contributed by atoms with Crippen molar-refractivity contribution in [2.45, 2.75) is 33.1 Å². The van der Waals surface area contributed by atoms with E-state index in [4.69, 9.17) is 4.74 Å². The van der Waals surface area contributed by atoms with Crippen LogP contribution in [0.5, 0.6) is 5.75 Å². The number of benzene rings is 2. The summed E-state index contributed by atoms with van der Waals surface area (Å²) in [6.07, 6.45) is -5.01. The van der Waals surface area contributed by atoms with Gasteiger partial charge in [0.1, 0.15) is 12.4 Å². The van der Waals surface area contributed by atoms with E-state index in [0.29, 0.717) is 5.75 Å². The number of nitrogens with zero attached hydrogens (tertiary/aromatic N) is 1. The molecule has 2 aromatic carbocycles.